The van der Waals surface area contributed by atoms with Crippen LogP contribution >= 0.6 is 0 Å². The molecule has 0 aliphatic rings. The molecule has 0 saturated carbocycles. The van der Waals surface area contributed by atoms with E-state index in [9.17, 15) is 9.59 Å². The van der Waals surface area contributed by atoms with Crippen molar-refractivity contribution in [1.29, 1.82) is 0 Å². The molecule has 0 radical (unpaired) electrons. The number of benzene rings is 2. The largest absolute Gasteiger partial charge is 0.332 e. The molecular formula is C21H28N3O2+. The van der Waals surface area contributed by atoms with Gasteiger partial charge in [0, 0.05) is 18.3 Å². The lowest BCUT2D eigenvalue weighted by atomic mass is 10.1. The highest BCUT2D eigenvalue weighted by Crippen LogP contribution is 2.08. The van der Waals surface area contributed by atoms with Crippen LogP contribution in [0.4, 0.5) is 5.69 Å². The number of amides is 2. The molecule has 0 bridgehead atoms. The zero-order chi connectivity index (χ0) is 19.1. The SMILES string of the molecule is Cc1ccc(NC(=O)CN(C)C(=O)C[NH+](C)Cc2ccccc2C)cc1. The molecule has 2 aromatic carbocycles. The summed E-state index contributed by atoms with van der Waals surface area (Å²) in [7, 11) is 3.66. The van der Waals surface area contributed by atoms with E-state index in [4.69, 9.17) is 0 Å². The third-order valence-electron chi connectivity index (χ3n) is 4.35. The molecule has 5 heteroatoms. The number of rotatable bonds is 7. The fourth-order valence-electron chi connectivity index (χ4n) is 2.73. The lowest BCUT2D eigenvalue weighted by Crippen LogP contribution is -3.08. The average molecular weight is 354 g/mol. The van der Waals surface area contributed by atoms with Crippen LogP contribution in [0.1, 0.15) is 16.7 Å². The minimum atomic E-state index is -0.193. The van der Waals surface area contributed by atoms with Crippen molar-refractivity contribution in [2.45, 2.75) is 20.4 Å². The Morgan fingerprint density at radius 1 is 1.04 bits per heavy atom. The maximum absolute atomic E-state index is 12.4. The number of aryl methyl sites for hydroxylation is 2. The molecule has 26 heavy (non-hydrogen) atoms. The second-order valence-corrected chi connectivity index (χ2v) is 6.90. The van der Waals surface area contributed by atoms with E-state index in [1.165, 1.54) is 16.0 Å². The number of anilines is 1. The van der Waals surface area contributed by atoms with Crippen LogP contribution in [0.3, 0.4) is 0 Å². The fraction of sp³-hybridized carbons (Fsp3) is 0.333. The van der Waals surface area contributed by atoms with E-state index in [1.807, 2.05) is 50.4 Å². The van der Waals surface area contributed by atoms with Crippen molar-refractivity contribution in [3.63, 3.8) is 0 Å². The Labute approximate surface area is 155 Å². The molecule has 5 nitrogen and oxygen atoms in total. The van der Waals surface area contributed by atoms with Crippen LogP contribution in [0, 0.1) is 13.8 Å². The Balaban J connectivity index is 1.81. The molecule has 1 atom stereocenters. The van der Waals surface area contributed by atoms with E-state index in [2.05, 4.69) is 24.4 Å². The van der Waals surface area contributed by atoms with Crippen LogP contribution in [-0.4, -0.2) is 43.9 Å². The summed E-state index contributed by atoms with van der Waals surface area (Å²) in [6.07, 6.45) is 0. The fourth-order valence-corrected chi connectivity index (χ4v) is 2.73. The predicted molar refractivity (Wildman–Crippen MR) is 104 cm³/mol. The molecule has 0 heterocycles. The van der Waals surface area contributed by atoms with Gasteiger partial charge in [-0.2, -0.15) is 0 Å². The van der Waals surface area contributed by atoms with E-state index >= 15 is 0 Å². The van der Waals surface area contributed by atoms with Crippen molar-refractivity contribution >= 4 is 17.5 Å². The van der Waals surface area contributed by atoms with E-state index in [1.54, 1.807) is 7.05 Å². The van der Waals surface area contributed by atoms with E-state index in [0.717, 1.165) is 22.7 Å². The summed E-state index contributed by atoms with van der Waals surface area (Å²) in [5.41, 5.74) is 4.33. The molecule has 2 aromatic rings. The maximum atomic E-state index is 12.4. The van der Waals surface area contributed by atoms with Gasteiger partial charge in [-0.1, -0.05) is 42.0 Å². The zero-order valence-electron chi connectivity index (χ0n) is 16.0. The average Bonchev–Trinajstić information content (AvgIpc) is 2.58. The zero-order valence-corrected chi connectivity index (χ0v) is 16.0. The second-order valence-electron chi connectivity index (χ2n) is 6.90. The van der Waals surface area contributed by atoms with Crippen LogP contribution in [0.5, 0.6) is 0 Å². The minimum Gasteiger partial charge on any atom is -0.332 e. The Morgan fingerprint density at radius 2 is 1.69 bits per heavy atom. The normalized spacial score (nSPS) is 11.7. The summed E-state index contributed by atoms with van der Waals surface area (Å²) >= 11 is 0. The van der Waals surface area contributed by atoms with Gasteiger partial charge in [-0.3, -0.25) is 9.59 Å². The van der Waals surface area contributed by atoms with Crippen molar-refractivity contribution < 1.29 is 14.5 Å². The van der Waals surface area contributed by atoms with Crippen molar-refractivity contribution in [2.75, 3.05) is 32.5 Å². The molecule has 0 saturated heterocycles. The topological polar surface area (TPSA) is 53.9 Å². The highest BCUT2D eigenvalue weighted by atomic mass is 16.2. The molecule has 0 aromatic heterocycles. The van der Waals surface area contributed by atoms with Gasteiger partial charge in [0.05, 0.1) is 13.6 Å². The number of carbonyl (C=O) groups is 2. The molecule has 2 amide bonds. The number of nitrogens with one attached hydrogen (secondary N) is 2. The van der Waals surface area contributed by atoms with Gasteiger partial charge in [0.25, 0.3) is 5.91 Å². The van der Waals surface area contributed by atoms with Crippen molar-refractivity contribution in [3.05, 3.63) is 65.2 Å². The quantitative estimate of drug-likeness (QED) is 0.790. The molecule has 138 valence electrons. The molecule has 2 N–H and O–H groups in total. The third-order valence-corrected chi connectivity index (χ3v) is 4.35. The number of quaternary nitrogens is 1. The first-order chi connectivity index (χ1) is 12.3. The first-order valence-electron chi connectivity index (χ1n) is 8.81. The number of carbonyl (C=O) groups excluding carboxylic acids is 2. The van der Waals surface area contributed by atoms with Crippen LogP contribution in [0.15, 0.2) is 48.5 Å². The molecule has 0 spiro atoms. The summed E-state index contributed by atoms with van der Waals surface area (Å²) in [6.45, 7) is 5.24. The number of nitrogens with zero attached hydrogens (tertiary/aromatic N) is 1. The minimum absolute atomic E-state index is 0.0460. The first-order valence-corrected chi connectivity index (χ1v) is 8.81. The molecule has 1 unspecified atom stereocenters. The summed E-state index contributed by atoms with van der Waals surface area (Å²) in [5.74, 6) is -0.239. The second kappa shape index (κ2) is 9.15. The number of hydrogen-bond acceptors (Lipinski definition) is 2. The summed E-state index contributed by atoms with van der Waals surface area (Å²) < 4.78 is 0. The Hall–Kier alpha value is -2.66. The monoisotopic (exact) mass is 354 g/mol. The molecule has 2 rings (SSSR count). The van der Waals surface area contributed by atoms with Crippen molar-refractivity contribution in [3.8, 4) is 0 Å². The Kier molecular flexibility index (Phi) is 6.92. The highest BCUT2D eigenvalue weighted by Gasteiger charge is 2.18. The first kappa shape index (κ1) is 19.7. The lowest BCUT2D eigenvalue weighted by molar-refractivity contribution is -0.885. The van der Waals surface area contributed by atoms with Gasteiger partial charge >= 0.3 is 0 Å². The van der Waals surface area contributed by atoms with Gasteiger partial charge in [-0.25, -0.2) is 0 Å². The Bertz CT molecular complexity index is 756. The van der Waals surface area contributed by atoms with Gasteiger partial charge in [0.15, 0.2) is 6.54 Å². The summed E-state index contributed by atoms with van der Waals surface area (Å²) in [5, 5.41) is 2.82. The van der Waals surface area contributed by atoms with E-state index in [-0.39, 0.29) is 18.4 Å². The van der Waals surface area contributed by atoms with Gasteiger partial charge in [-0.15, -0.1) is 0 Å². The van der Waals surface area contributed by atoms with Crippen LogP contribution < -0.4 is 10.2 Å². The third kappa shape index (κ3) is 6.01. The van der Waals surface area contributed by atoms with Gasteiger partial charge in [0.1, 0.15) is 6.54 Å². The van der Waals surface area contributed by atoms with Crippen LogP contribution in [-0.2, 0) is 16.1 Å². The smallest absolute Gasteiger partial charge is 0.277 e. The van der Waals surface area contributed by atoms with Gasteiger partial charge < -0.3 is 15.1 Å². The lowest BCUT2D eigenvalue weighted by Gasteiger charge is -2.20. The molecule has 0 fully saturated rings. The Morgan fingerprint density at radius 3 is 2.35 bits per heavy atom. The van der Waals surface area contributed by atoms with Crippen molar-refractivity contribution in [2.24, 2.45) is 0 Å². The van der Waals surface area contributed by atoms with Crippen LogP contribution in [0.25, 0.3) is 0 Å². The number of hydrogen-bond donors (Lipinski definition) is 2. The maximum Gasteiger partial charge on any atom is 0.277 e. The highest BCUT2D eigenvalue weighted by molar-refractivity contribution is 5.94. The van der Waals surface area contributed by atoms with E-state index < -0.39 is 0 Å². The summed E-state index contributed by atoms with van der Waals surface area (Å²) in [6, 6.07) is 15.8. The predicted octanol–water partition coefficient (Wildman–Crippen LogP) is 1.42. The van der Waals surface area contributed by atoms with E-state index in [0.29, 0.717) is 6.54 Å². The molecular weight excluding hydrogens is 326 g/mol. The number of likely N-dealkylation sites (N-methyl/N-ethyl adjacent to an activating group) is 2. The molecule has 0 aliphatic carbocycles. The standard InChI is InChI=1S/C21H27N3O2/c1-16-9-11-19(12-10-16)22-20(25)14-24(4)21(26)15-23(3)13-18-8-6-5-7-17(18)2/h5-12H,13-15H2,1-4H3,(H,22,25)/p+1. The summed E-state index contributed by atoms with van der Waals surface area (Å²) in [4.78, 5) is 27.1. The van der Waals surface area contributed by atoms with Crippen molar-refractivity contribution in [1.82, 2.24) is 4.90 Å². The van der Waals surface area contributed by atoms with Gasteiger partial charge in [-0.05, 0) is 31.5 Å². The molecule has 0 aliphatic heterocycles. The van der Waals surface area contributed by atoms with Crippen LogP contribution in [0.2, 0.25) is 0 Å². The van der Waals surface area contributed by atoms with Gasteiger partial charge in [0.2, 0.25) is 5.91 Å².